The molecule has 30 heavy (non-hydrogen) atoms. The zero-order valence-electron chi connectivity index (χ0n) is 17.0. The van der Waals surface area contributed by atoms with Gasteiger partial charge >= 0.3 is 12.1 Å². The minimum atomic E-state index is -0.846. The summed E-state index contributed by atoms with van der Waals surface area (Å²) in [5.74, 6) is -0.755. The van der Waals surface area contributed by atoms with Crippen molar-refractivity contribution in [3.05, 3.63) is 71.8 Å². The molecule has 0 bridgehead atoms. The van der Waals surface area contributed by atoms with Crippen molar-refractivity contribution in [3.8, 4) is 0 Å². The molecule has 1 aliphatic heterocycles. The zero-order valence-corrected chi connectivity index (χ0v) is 17.0. The average molecular weight is 410 g/mol. The predicted molar refractivity (Wildman–Crippen MR) is 110 cm³/mol. The number of alkyl carbamates (subject to hydrolysis) is 1. The summed E-state index contributed by atoms with van der Waals surface area (Å²) >= 11 is 0. The van der Waals surface area contributed by atoms with E-state index in [9.17, 15) is 14.4 Å². The van der Waals surface area contributed by atoms with Crippen LogP contribution in [0.25, 0.3) is 0 Å². The number of likely N-dealkylation sites (tertiary alicyclic amines) is 1. The van der Waals surface area contributed by atoms with Gasteiger partial charge in [0.25, 0.3) is 0 Å². The fraction of sp³-hybridized carbons (Fsp3) is 0.348. The minimum absolute atomic E-state index is 0.105. The first kappa shape index (κ1) is 21.4. The lowest BCUT2D eigenvalue weighted by Gasteiger charge is -2.28. The van der Waals surface area contributed by atoms with Gasteiger partial charge in [-0.2, -0.15) is 0 Å². The maximum atomic E-state index is 13.2. The lowest BCUT2D eigenvalue weighted by molar-refractivity contribution is -0.151. The number of amides is 2. The molecule has 1 N–H and O–H groups in total. The van der Waals surface area contributed by atoms with E-state index in [4.69, 9.17) is 9.47 Å². The molecule has 158 valence electrons. The molecule has 0 spiro atoms. The molecule has 1 aliphatic rings. The SMILES string of the molecule is COC(=O)[C@@H]1CCCN1C(=O)[C@@H](Cc1ccccc1)NC(=O)OCc1ccccc1. The van der Waals surface area contributed by atoms with E-state index in [1.807, 2.05) is 60.7 Å². The van der Waals surface area contributed by atoms with Crippen LogP contribution in [0.15, 0.2) is 60.7 Å². The molecule has 7 heteroatoms. The molecule has 2 aromatic carbocycles. The number of methoxy groups -OCH3 is 1. The summed E-state index contributed by atoms with van der Waals surface area (Å²) < 4.78 is 10.1. The maximum absolute atomic E-state index is 13.2. The van der Waals surface area contributed by atoms with Crippen LogP contribution in [0.1, 0.15) is 24.0 Å². The second-order valence-electron chi connectivity index (χ2n) is 7.16. The lowest BCUT2D eigenvalue weighted by Crippen LogP contribution is -2.52. The van der Waals surface area contributed by atoms with E-state index < -0.39 is 24.1 Å². The van der Waals surface area contributed by atoms with Crippen LogP contribution in [0.5, 0.6) is 0 Å². The van der Waals surface area contributed by atoms with E-state index >= 15 is 0 Å². The van der Waals surface area contributed by atoms with Crippen LogP contribution >= 0.6 is 0 Å². The van der Waals surface area contributed by atoms with Gasteiger partial charge in [0.2, 0.25) is 5.91 Å². The molecule has 2 atom stereocenters. The topological polar surface area (TPSA) is 84.9 Å². The van der Waals surface area contributed by atoms with Gasteiger partial charge in [0.05, 0.1) is 7.11 Å². The highest BCUT2D eigenvalue weighted by atomic mass is 16.5. The zero-order chi connectivity index (χ0) is 21.3. The van der Waals surface area contributed by atoms with Crippen molar-refractivity contribution in [1.82, 2.24) is 10.2 Å². The fourth-order valence-electron chi connectivity index (χ4n) is 3.57. The van der Waals surface area contributed by atoms with Gasteiger partial charge in [-0.3, -0.25) is 4.79 Å². The van der Waals surface area contributed by atoms with E-state index in [2.05, 4.69) is 5.32 Å². The molecule has 0 saturated carbocycles. The lowest BCUT2D eigenvalue weighted by atomic mass is 10.0. The number of benzene rings is 2. The molecule has 0 radical (unpaired) electrons. The highest BCUT2D eigenvalue weighted by Crippen LogP contribution is 2.20. The number of nitrogens with one attached hydrogen (secondary N) is 1. The number of rotatable bonds is 7. The Morgan fingerprint density at radius 1 is 1.03 bits per heavy atom. The Kier molecular flexibility index (Phi) is 7.43. The van der Waals surface area contributed by atoms with Gasteiger partial charge in [-0.1, -0.05) is 60.7 Å². The molecular weight excluding hydrogens is 384 g/mol. The fourth-order valence-corrected chi connectivity index (χ4v) is 3.57. The number of hydrogen-bond donors (Lipinski definition) is 1. The molecule has 7 nitrogen and oxygen atoms in total. The standard InChI is InChI=1S/C23H26N2O5/c1-29-22(27)20-13-8-14-25(20)21(26)19(15-17-9-4-2-5-10-17)24-23(28)30-16-18-11-6-3-7-12-18/h2-7,9-12,19-20H,8,13-16H2,1H3,(H,24,28)/t19-,20+/m1/s1. The Labute approximate surface area is 176 Å². The van der Waals surface area contributed by atoms with Crippen LogP contribution in [-0.2, 0) is 32.1 Å². The van der Waals surface area contributed by atoms with Gasteiger partial charge in [-0.15, -0.1) is 0 Å². The second kappa shape index (κ2) is 10.4. The van der Waals surface area contributed by atoms with Crippen LogP contribution < -0.4 is 5.32 Å². The van der Waals surface area contributed by atoms with Crippen molar-refractivity contribution in [3.63, 3.8) is 0 Å². The third-order valence-corrected chi connectivity index (χ3v) is 5.09. The molecule has 0 unspecified atom stereocenters. The van der Waals surface area contributed by atoms with Crippen molar-refractivity contribution >= 4 is 18.0 Å². The average Bonchev–Trinajstić information content (AvgIpc) is 3.27. The summed E-state index contributed by atoms with van der Waals surface area (Å²) in [5, 5.41) is 2.69. The highest BCUT2D eigenvalue weighted by Gasteiger charge is 2.38. The van der Waals surface area contributed by atoms with Gasteiger partial charge in [0, 0.05) is 13.0 Å². The Morgan fingerprint density at radius 3 is 2.30 bits per heavy atom. The number of ether oxygens (including phenoxy) is 2. The maximum Gasteiger partial charge on any atom is 0.408 e. The molecule has 0 aromatic heterocycles. The van der Waals surface area contributed by atoms with Crippen LogP contribution in [0, 0.1) is 0 Å². The predicted octanol–water partition coefficient (Wildman–Crippen LogP) is 2.69. The molecule has 1 saturated heterocycles. The summed E-state index contributed by atoms with van der Waals surface area (Å²) in [6.07, 6.45) is 0.878. The Morgan fingerprint density at radius 2 is 1.67 bits per heavy atom. The summed E-state index contributed by atoms with van der Waals surface area (Å²) in [5.41, 5.74) is 1.75. The third-order valence-electron chi connectivity index (χ3n) is 5.09. The second-order valence-corrected chi connectivity index (χ2v) is 7.16. The molecule has 2 aromatic rings. The smallest absolute Gasteiger partial charge is 0.408 e. The Bertz CT molecular complexity index is 856. The molecule has 0 aliphatic carbocycles. The summed E-state index contributed by atoms with van der Waals surface area (Å²) in [6, 6.07) is 17.2. The molecule has 1 fully saturated rings. The van der Waals surface area contributed by atoms with E-state index in [1.165, 1.54) is 12.0 Å². The van der Waals surface area contributed by atoms with Crippen LogP contribution in [0.2, 0.25) is 0 Å². The molecule has 1 heterocycles. The third kappa shape index (κ3) is 5.59. The first-order valence-electron chi connectivity index (χ1n) is 9.98. The van der Waals surface area contributed by atoms with Crippen molar-refractivity contribution in [2.24, 2.45) is 0 Å². The monoisotopic (exact) mass is 410 g/mol. The first-order valence-corrected chi connectivity index (χ1v) is 9.98. The normalized spacial score (nSPS) is 16.6. The highest BCUT2D eigenvalue weighted by molar-refractivity contribution is 5.90. The number of esters is 1. The van der Waals surface area contributed by atoms with E-state index in [0.717, 1.165) is 11.1 Å². The van der Waals surface area contributed by atoms with Gasteiger partial charge in [-0.05, 0) is 24.0 Å². The molecule has 3 rings (SSSR count). The minimum Gasteiger partial charge on any atom is -0.467 e. The number of carbonyl (C=O) groups excluding carboxylic acids is 3. The Balaban J connectivity index is 1.70. The van der Waals surface area contributed by atoms with Crippen LogP contribution in [-0.4, -0.2) is 48.6 Å². The molecular formula is C23H26N2O5. The van der Waals surface area contributed by atoms with Gasteiger partial charge in [-0.25, -0.2) is 9.59 Å². The van der Waals surface area contributed by atoms with Crippen molar-refractivity contribution < 1.29 is 23.9 Å². The van der Waals surface area contributed by atoms with E-state index in [0.29, 0.717) is 25.8 Å². The molecule has 2 amide bonds. The first-order chi connectivity index (χ1) is 14.6. The van der Waals surface area contributed by atoms with Gasteiger partial charge < -0.3 is 19.7 Å². The number of hydrogen-bond acceptors (Lipinski definition) is 5. The van der Waals surface area contributed by atoms with E-state index in [-0.39, 0.29) is 12.5 Å². The quantitative estimate of drug-likeness (QED) is 0.710. The van der Waals surface area contributed by atoms with Crippen molar-refractivity contribution in [2.75, 3.05) is 13.7 Å². The largest absolute Gasteiger partial charge is 0.467 e. The van der Waals surface area contributed by atoms with Gasteiger partial charge in [0.15, 0.2) is 0 Å². The summed E-state index contributed by atoms with van der Waals surface area (Å²) in [6.45, 7) is 0.554. The van der Waals surface area contributed by atoms with Gasteiger partial charge in [0.1, 0.15) is 18.7 Å². The Hall–Kier alpha value is -3.35. The number of nitrogens with zero attached hydrogens (tertiary/aromatic N) is 1. The number of carbonyl (C=O) groups is 3. The summed E-state index contributed by atoms with van der Waals surface area (Å²) in [4.78, 5) is 39.2. The van der Waals surface area contributed by atoms with E-state index in [1.54, 1.807) is 0 Å². The summed E-state index contributed by atoms with van der Waals surface area (Å²) in [7, 11) is 1.31. The van der Waals surface area contributed by atoms with Crippen LogP contribution in [0.4, 0.5) is 4.79 Å². The van der Waals surface area contributed by atoms with Crippen molar-refractivity contribution in [2.45, 2.75) is 38.0 Å². The van der Waals surface area contributed by atoms with Crippen LogP contribution in [0.3, 0.4) is 0 Å². The van der Waals surface area contributed by atoms with Crippen molar-refractivity contribution in [1.29, 1.82) is 0 Å².